The van der Waals surface area contributed by atoms with Gasteiger partial charge in [-0.25, -0.2) is 4.79 Å². The van der Waals surface area contributed by atoms with Gasteiger partial charge in [0, 0.05) is 16.3 Å². The average Bonchev–Trinajstić information content (AvgIpc) is 2.52. The van der Waals surface area contributed by atoms with E-state index in [1.165, 1.54) is 11.3 Å². The molecule has 0 saturated carbocycles. The Bertz CT molecular complexity index is 500. The highest BCUT2D eigenvalue weighted by Crippen LogP contribution is 2.30. The molecule has 0 amide bonds. The molecule has 1 aromatic rings. The fourth-order valence-electron chi connectivity index (χ4n) is 2.17. The van der Waals surface area contributed by atoms with Crippen molar-refractivity contribution in [3.05, 3.63) is 30.4 Å². The van der Waals surface area contributed by atoms with Crippen LogP contribution < -0.4 is 14.7 Å². The summed E-state index contributed by atoms with van der Waals surface area (Å²) in [5.41, 5.74) is 1.15. The molecule has 0 spiro atoms. The Balaban J connectivity index is 2.67. The molecular formula is C17H26O4Si. The van der Waals surface area contributed by atoms with Gasteiger partial charge >= 0.3 is 5.97 Å². The van der Waals surface area contributed by atoms with Crippen LogP contribution in [0.5, 0.6) is 11.5 Å². The Morgan fingerprint density at radius 1 is 1.18 bits per heavy atom. The van der Waals surface area contributed by atoms with Crippen molar-refractivity contribution in [2.45, 2.75) is 33.1 Å². The van der Waals surface area contributed by atoms with Gasteiger partial charge < -0.3 is 14.2 Å². The van der Waals surface area contributed by atoms with Gasteiger partial charge in [0.05, 0.1) is 19.8 Å². The largest absolute Gasteiger partial charge is 0.490 e. The predicted molar refractivity (Wildman–Crippen MR) is 92.4 cm³/mol. The molecule has 1 aromatic carbocycles. The van der Waals surface area contributed by atoms with Crippen molar-refractivity contribution >= 4 is 21.4 Å². The molecule has 0 aliphatic heterocycles. The van der Waals surface area contributed by atoms with Crippen molar-refractivity contribution in [3.8, 4) is 11.5 Å². The van der Waals surface area contributed by atoms with Crippen molar-refractivity contribution in [2.75, 3.05) is 19.8 Å². The van der Waals surface area contributed by atoms with Crippen molar-refractivity contribution in [1.82, 2.24) is 0 Å². The maximum absolute atomic E-state index is 11.0. The minimum Gasteiger partial charge on any atom is -0.490 e. The van der Waals surface area contributed by atoms with E-state index in [9.17, 15) is 4.79 Å². The summed E-state index contributed by atoms with van der Waals surface area (Å²) >= 11 is 0. The first-order chi connectivity index (χ1) is 10.6. The Hall–Kier alpha value is -1.75. The lowest BCUT2D eigenvalue weighted by Crippen LogP contribution is -2.13. The summed E-state index contributed by atoms with van der Waals surface area (Å²) < 4.78 is 16.6. The maximum Gasteiger partial charge on any atom is 0.330 e. The molecule has 0 fully saturated rings. The quantitative estimate of drug-likeness (QED) is 0.284. The lowest BCUT2D eigenvalue weighted by molar-refractivity contribution is -0.137. The summed E-state index contributed by atoms with van der Waals surface area (Å²) in [7, 11) is 0.925. The van der Waals surface area contributed by atoms with Crippen LogP contribution in [0.25, 0.3) is 0 Å². The summed E-state index contributed by atoms with van der Waals surface area (Å²) in [6.45, 7) is 9.01. The molecule has 5 heteroatoms. The van der Waals surface area contributed by atoms with E-state index < -0.39 is 0 Å². The zero-order valence-corrected chi connectivity index (χ0v) is 15.8. The van der Waals surface area contributed by atoms with Crippen LogP contribution in [0.1, 0.15) is 32.3 Å². The minimum absolute atomic E-state index is 0.367. The number of hydrogen-bond donors (Lipinski definition) is 0. The van der Waals surface area contributed by atoms with Crippen LogP contribution in [0.2, 0.25) is 0 Å². The maximum atomic E-state index is 11.0. The van der Waals surface area contributed by atoms with Gasteiger partial charge in [0.1, 0.15) is 0 Å². The number of carbonyl (C=O) groups excluding carboxylic acids is 1. The van der Waals surface area contributed by atoms with Crippen LogP contribution in [0, 0.1) is 0 Å². The molecule has 22 heavy (non-hydrogen) atoms. The fraction of sp³-hybridized carbons (Fsp3) is 0.471. The number of ether oxygens (including phenoxy) is 3. The molecule has 1 rings (SSSR count). The van der Waals surface area contributed by atoms with Crippen LogP contribution in [0.15, 0.2) is 24.8 Å². The van der Waals surface area contributed by atoms with Crippen LogP contribution in [0.4, 0.5) is 0 Å². The molecule has 0 aliphatic carbocycles. The zero-order chi connectivity index (χ0) is 16.4. The van der Waals surface area contributed by atoms with Gasteiger partial charge in [0.25, 0.3) is 0 Å². The summed E-state index contributed by atoms with van der Waals surface area (Å²) in [6, 6.07) is 4.23. The molecular weight excluding hydrogens is 296 g/mol. The summed E-state index contributed by atoms with van der Waals surface area (Å²) in [6.07, 6.45) is 3.81. The second kappa shape index (κ2) is 10.1. The van der Waals surface area contributed by atoms with Gasteiger partial charge in [0.15, 0.2) is 11.5 Å². The van der Waals surface area contributed by atoms with E-state index in [0.717, 1.165) is 46.6 Å². The van der Waals surface area contributed by atoms with E-state index in [1.54, 1.807) is 0 Å². The Morgan fingerprint density at radius 3 is 2.50 bits per heavy atom. The summed E-state index contributed by atoms with van der Waals surface area (Å²) in [5, 5.41) is 1.22. The van der Waals surface area contributed by atoms with E-state index in [0.29, 0.717) is 19.8 Å². The van der Waals surface area contributed by atoms with E-state index in [-0.39, 0.29) is 5.97 Å². The molecule has 0 radical (unpaired) electrons. The normalized spacial score (nSPS) is 10.3. The smallest absolute Gasteiger partial charge is 0.330 e. The molecule has 0 unspecified atom stereocenters. The second-order valence-electron chi connectivity index (χ2n) is 4.89. The standard InChI is InChI=1S/C17H26O4Si/c1-4-15(18)21-12-8-7-9-13-10-11-14(22)17(20-6-3)16(13)19-5-2/h4,10-11H,1,5-9,12H2,2-3,22H3. The molecule has 0 aliphatic rings. The van der Waals surface area contributed by atoms with Gasteiger partial charge in [0.2, 0.25) is 0 Å². The Labute approximate surface area is 135 Å². The van der Waals surface area contributed by atoms with Crippen molar-refractivity contribution in [3.63, 3.8) is 0 Å². The van der Waals surface area contributed by atoms with E-state index >= 15 is 0 Å². The SMILES string of the molecule is C=CC(=O)OCCCCc1ccc([SiH3])c(OCC)c1OCC. The fourth-order valence-corrected chi connectivity index (χ4v) is 2.71. The van der Waals surface area contributed by atoms with E-state index in [1.807, 2.05) is 13.8 Å². The molecule has 4 nitrogen and oxygen atoms in total. The van der Waals surface area contributed by atoms with Crippen molar-refractivity contribution in [1.29, 1.82) is 0 Å². The predicted octanol–water partition coefficient (Wildman–Crippen LogP) is 1.53. The number of aryl methyl sites for hydroxylation is 1. The molecule has 0 bridgehead atoms. The number of rotatable bonds is 10. The highest BCUT2D eigenvalue weighted by atomic mass is 28.1. The minimum atomic E-state index is -0.367. The van der Waals surface area contributed by atoms with Gasteiger partial charge in [-0.2, -0.15) is 0 Å². The molecule has 0 N–H and O–H groups in total. The number of unbranched alkanes of at least 4 members (excludes halogenated alkanes) is 1. The van der Waals surface area contributed by atoms with E-state index in [2.05, 4.69) is 18.7 Å². The topological polar surface area (TPSA) is 44.8 Å². The van der Waals surface area contributed by atoms with Crippen LogP contribution in [0.3, 0.4) is 0 Å². The summed E-state index contributed by atoms with van der Waals surface area (Å²) in [5.74, 6) is 1.40. The zero-order valence-electron chi connectivity index (χ0n) is 13.8. The average molecular weight is 322 g/mol. The third kappa shape index (κ3) is 5.56. The number of esters is 1. The van der Waals surface area contributed by atoms with Gasteiger partial charge in [-0.3, -0.25) is 0 Å². The lowest BCUT2D eigenvalue weighted by Gasteiger charge is -2.17. The summed E-state index contributed by atoms with van der Waals surface area (Å²) in [4.78, 5) is 11.0. The molecule has 0 saturated heterocycles. The number of benzene rings is 1. The van der Waals surface area contributed by atoms with E-state index in [4.69, 9.17) is 14.2 Å². The highest BCUT2D eigenvalue weighted by molar-refractivity contribution is 6.34. The van der Waals surface area contributed by atoms with Gasteiger partial charge in [-0.1, -0.05) is 18.7 Å². The molecule has 0 aromatic heterocycles. The monoisotopic (exact) mass is 322 g/mol. The van der Waals surface area contributed by atoms with Crippen LogP contribution in [-0.2, 0) is 16.0 Å². The van der Waals surface area contributed by atoms with Crippen LogP contribution in [-0.4, -0.2) is 36.0 Å². The molecule has 122 valence electrons. The van der Waals surface area contributed by atoms with Gasteiger partial charge in [-0.15, -0.1) is 0 Å². The number of carbonyl (C=O) groups is 1. The molecule has 0 atom stereocenters. The van der Waals surface area contributed by atoms with Crippen molar-refractivity contribution < 1.29 is 19.0 Å². The second-order valence-corrected chi connectivity index (χ2v) is 5.97. The lowest BCUT2D eigenvalue weighted by atomic mass is 10.1. The first kappa shape index (κ1) is 18.3. The first-order valence-electron chi connectivity index (χ1n) is 7.81. The van der Waals surface area contributed by atoms with Crippen LogP contribution >= 0.6 is 0 Å². The third-order valence-electron chi connectivity index (χ3n) is 3.22. The molecule has 0 heterocycles. The van der Waals surface area contributed by atoms with Crippen molar-refractivity contribution in [2.24, 2.45) is 0 Å². The first-order valence-corrected chi connectivity index (χ1v) is 8.81. The highest BCUT2D eigenvalue weighted by Gasteiger charge is 2.13. The Morgan fingerprint density at radius 2 is 1.86 bits per heavy atom. The number of hydrogen-bond acceptors (Lipinski definition) is 4. The Kier molecular flexibility index (Phi) is 8.36. The third-order valence-corrected chi connectivity index (χ3v) is 4.01. The van der Waals surface area contributed by atoms with Gasteiger partial charge in [-0.05, 0) is 43.9 Å².